The number of rotatable bonds is 8. The van der Waals surface area contributed by atoms with Crippen molar-refractivity contribution in [1.82, 2.24) is 14.7 Å². The molecule has 204 valence electrons. The van der Waals surface area contributed by atoms with Crippen LogP contribution >= 0.6 is 0 Å². The van der Waals surface area contributed by atoms with Crippen molar-refractivity contribution in [2.45, 2.75) is 75.9 Å². The lowest BCUT2D eigenvalue weighted by atomic mass is 9.95. The topological polar surface area (TPSA) is 87.6 Å². The summed E-state index contributed by atoms with van der Waals surface area (Å²) in [6.07, 6.45) is 2.71. The van der Waals surface area contributed by atoms with Gasteiger partial charge in [0.1, 0.15) is 0 Å². The molecule has 2 saturated heterocycles. The normalized spacial score (nSPS) is 25.9. The van der Waals surface area contributed by atoms with E-state index in [1.54, 1.807) is 22.7 Å². The predicted molar refractivity (Wildman–Crippen MR) is 149 cm³/mol. The number of aromatic nitrogens is 2. The Labute approximate surface area is 223 Å². The molecule has 0 bridgehead atoms. The lowest BCUT2D eigenvalue weighted by molar-refractivity contribution is -0.135. The van der Waals surface area contributed by atoms with Gasteiger partial charge < -0.3 is 18.9 Å². The van der Waals surface area contributed by atoms with Crippen molar-refractivity contribution in [1.29, 1.82) is 0 Å². The third-order valence-electron chi connectivity index (χ3n) is 8.46. The Bertz CT molecular complexity index is 1350. The number of nitrogens with one attached hydrogen (secondary N) is 1. The summed E-state index contributed by atoms with van der Waals surface area (Å²) >= 11 is 0. The van der Waals surface area contributed by atoms with Gasteiger partial charge in [-0.1, -0.05) is 31.2 Å². The van der Waals surface area contributed by atoms with Crippen LogP contribution in [0.2, 0.25) is 18.6 Å². The maximum atomic E-state index is 15.5. The van der Waals surface area contributed by atoms with E-state index >= 15 is 4.11 Å². The number of hydrogen-bond acceptors (Lipinski definition) is 4. The quantitative estimate of drug-likeness (QED) is 0.324. The van der Waals surface area contributed by atoms with Gasteiger partial charge in [-0.3, -0.25) is 14.7 Å². The van der Waals surface area contributed by atoms with Crippen LogP contribution in [0.1, 0.15) is 38.2 Å². The number of amides is 1. The molecule has 2 aliphatic rings. The summed E-state index contributed by atoms with van der Waals surface area (Å²) in [5, 5.41) is 13.5. The molecule has 9 heteroatoms. The zero-order chi connectivity index (χ0) is 27.0. The molecule has 5 atom stereocenters. The van der Waals surface area contributed by atoms with Crippen molar-refractivity contribution >= 4 is 25.2 Å². The average molecular weight is 540 g/mol. The van der Waals surface area contributed by atoms with Crippen LogP contribution in [0, 0.1) is 5.92 Å². The molecule has 0 saturated carbocycles. The van der Waals surface area contributed by atoms with Gasteiger partial charge in [-0.05, 0) is 74.5 Å². The predicted octanol–water partition coefficient (Wildman–Crippen LogP) is 4.57. The lowest BCUT2D eigenvalue weighted by Gasteiger charge is -2.30. The van der Waals surface area contributed by atoms with E-state index in [1.165, 1.54) is 0 Å². The number of fused-ring (bicyclic) bond motifs is 1. The molecule has 2 aromatic carbocycles. The number of likely N-dealkylation sites (tertiary alicyclic amines) is 1. The molecule has 1 aromatic heterocycles. The second kappa shape index (κ2) is 10.8. The number of aliphatic hydroxyl groups is 1. The molecule has 3 aromatic rings. The van der Waals surface area contributed by atoms with Crippen LogP contribution in [-0.4, -0.2) is 65.5 Å². The zero-order valence-corrected chi connectivity index (χ0v) is 23.4. The molecule has 1 amide bonds. The molecular formula is C29H38FN3O4Si. The maximum Gasteiger partial charge on any atom is 0.279 e. The number of aliphatic hydroxyl groups excluding tert-OH is 1. The van der Waals surface area contributed by atoms with Crippen molar-refractivity contribution in [3.05, 3.63) is 64.4 Å². The van der Waals surface area contributed by atoms with Crippen LogP contribution in [0.5, 0.6) is 0 Å². The van der Waals surface area contributed by atoms with Gasteiger partial charge in [-0.15, -0.1) is 0 Å². The van der Waals surface area contributed by atoms with Crippen LogP contribution < -0.4 is 5.56 Å². The summed E-state index contributed by atoms with van der Waals surface area (Å²) in [5.41, 5.74) is 2.28. The number of H-pyrrole nitrogens is 1. The summed E-state index contributed by atoms with van der Waals surface area (Å²) in [5.74, 6) is -0.0367. The molecule has 7 nitrogen and oxygen atoms in total. The highest BCUT2D eigenvalue weighted by molar-refractivity contribution is 6.72. The van der Waals surface area contributed by atoms with E-state index in [2.05, 4.69) is 12.0 Å². The molecule has 0 unspecified atom stereocenters. The largest absolute Gasteiger partial charge is 0.394 e. The number of para-hydroxylation sites is 1. The maximum absolute atomic E-state index is 15.5. The van der Waals surface area contributed by atoms with E-state index in [0.717, 1.165) is 36.0 Å². The van der Waals surface area contributed by atoms with Crippen LogP contribution in [0.4, 0.5) is 4.11 Å². The summed E-state index contributed by atoms with van der Waals surface area (Å²) in [7, 11) is -3.10. The van der Waals surface area contributed by atoms with Crippen molar-refractivity contribution in [2.24, 2.45) is 5.92 Å². The Kier molecular flexibility index (Phi) is 7.62. The molecule has 5 rings (SSSR count). The minimum absolute atomic E-state index is 0.00573. The fraction of sp³-hybridized carbons (Fsp3) is 0.517. The highest BCUT2D eigenvalue weighted by Gasteiger charge is 2.52. The first-order chi connectivity index (χ1) is 18.2. The number of carbonyl (C=O) groups is 1. The van der Waals surface area contributed by atoms with E-state index in [-0.39, 0.29) is 48.1 Å². The summed E-state index contributed by atoms with van der Waals surface area (Å²) < 4.78 is 23.5. The highest BCUT2D eigenvalue weighted by atomic mass is 28.4. The molecule has 2 fully saturated rings. The second-order valence-corrected chi connectivity index (χ2v) is 15.2. The van der Waals surface area contributed by atoms with E-state index in [1.807, 2.05) is 48.5 Å². The number of halogens is 1. The van der Waals surface area contributed by atoms with Crippen LogP contribution in [0.25, 0.3) is 16.6 Å². The molecule has 0 spiro atoms. The first-order valence-corrected chi connectivity index (χ1v) is 16.7. The van der Waals surface area contributed by atoms with Crippen LogP contribution in [-0.2, 0) is 16.0 Å². The fourth-order valence-electron chi connectivity index (χ4n) is 6.62. The van der Waals surface area contributed by atoms with Gasteiger partial charge in [-0.25, -0.2) is 4.68 Å². The Hall–Kier alpha value is -2.75. The Morgan fingerprint density at radius 2 is 1.97 bits per heavy atom. The van der Waals surface area contributed by atoms with Gasteiger partial charge in [0.05, 0.1) is 47.9 Å². The molecule has 2 N–H and O–H groups in total. The van der Waals surface area contributed by atoms with Gasteiger partial charge in [0.15, 0.2) is 0 Å². The SMILES string of the molecule is C[C@@H]1[C@@H]([Si](C)(C)F)[C@H](CC(=O)N2CCC[C@H]2CO)O[C@@H]1CCc1cccc(-n2[nH]c3ccccc3c2=O)c1. The van der Waals surface area contributed by atoms with Crippen LogP contribution in [0.15, 0.2) is 53.3 Å². The minimum atomic E-state index is -3.10. The van der Waals surface area contributed by atoms with Crippen molar-refractivity contribution < 1.29 is 18.7 Å². The number of nitrogens with zero attached hydrogens (tertiary/aromatic N) is 2. The average Bonchev–Trinajstić information content (AvgIpc) is 3.58. The number of hydrogen-bond donors (Lipinski definition) is 2. The second-order valence-electron chi connectivity index (χ2n) is 11.4. The van der Waals surface area contributed by atoms with E-state index in [0.29, 0.717) is 18.4 Å². The lowest BCUT2D eigenvalue weighted by Crippen LogP contribution is -2.42. The zero-order valence-electron chi connectivity index (χ0n) is 22.4. The third-order valence-corrected chi connectivity index (χ3v) is 10.9. The first kappa shape index (κ1) is 26.8. The molecule has 3 heterocycles. The number of ether oxygens (including phenoxy) is 1. The molecule has 2 aliphatic heterocycles. The van der Waals surface area contributed by atoms with E-state index in [9.17, 15) is 14.7 Å². The standard InChI is InChI=1S/C29H38FN3O4Si/c1-19-25(37-26(28(19)38(2,3)30)17-27(35)32-15-7-10-22(32)18-34)14-13-20-8-6-9-21(16-20)33-29(36)23-11-4-5-12-24(23)31-33/h4-6,8-9,11-12,16,19,22,25-26,28,31,34H,7,10,13-15,17-18H2,1-3H3/t19-,22-,25+,26-,28+/m0/s1. The number of carbonyl (C=O) groups excluding carboxylic acids is 1. The monoisotopic (exact) mass is 539 g/mol. The van der Waals surface area contributed by atoms with E-state index < -0.39 is 14.5 Å². The van der Waals surface area contributed by atoms with Gasteiger partial charge in [0.25, 0.3) is 5.56 Å². The smallest absolute Gasteiger partial charge is 0.279 e. The summed E-state index contributed by atoms with van der Waals surface area (Å²) in [6, 6.07) is 15.2. The van der Waals surface area contributed by atoms with Crippen molar-refractivity contribution in [2.75, 3.05) is 13.2 Å². The highest BCUT2D eigenvalue weighted by Crippen LogP contribution is 2.47. The molecular weight excluding hydrogens is 501 g/mol. The van der Waals surface area contributed by atoms with Gasteiger partial charge >= 0.3 is 0 Å². The molecule has 0 aliphatic carbocycles. The van der Waals surface area contributed by atoms with Gasteiger partial charge in [0.2, 0.25) is 14.3 Å². The third kappa shape index (κ3) is 5.24. The summed E-state index contributed by atoms with van der Waals surface area (Å²) in [6.45, 7) is 6.09. The Balaban J connectivity index is 1.29. The number of aryl methyl sites for hydroxylation is 1. The van der Waals surface area contributed by atoms with Crippen molar-refractivity contribution in [3.63, 3.8) is 0 Å². The van der Waals surface area contributed by atoms with Gasteiger partial charge in [-0.2, -0.15) is 0 Å². The minimum Gasteiger partial charge on any atom is -0.394 e. The summed E-state index contributed by atoms with van der Waals surface area (Å²) in [4.78, 5) is 27.7. The van der Waals surface area contributed by atoms with Crippen molar-refractivity contribution in [3.8, 4) is 5.69 Å². The Morgan fingerprint density at radius 1 is 1.18 bits per heavy atom. The fourth-order valence-corrected chi connectivity index (χ4v) is 9.17. The Morgan fingerprint density at radius 3 is 2.71 bits per heavy atom. The molecule has 38 heavy (non-hydrogen) atoms. The molecule has 0 radical (unpaired) electrons. The van der Waals surface area contributed by atoms with Crippen LogP contribution in [0.3, 0.4) is 0 Å². The number of benzene rings is 2. The number of aromatic amines is 1. The first-order valence-electron chi connectivity index (χ1n) is 13.7. The van der Waals surface area contributed by atoms with Gasteiger partial charge in [0, 0.05) is 12.1 Å². The van der Waals surface area contributed by atoms with E-state index in [4.69, 9.17) is 4.74 Å².